The molecule has 4 heteroatoms. The Morgan fingerprint density at radius 3 is 2.71 bits per heavy atom. The third-order valence-electron chi connectivity index (χ3n) is 2.72. The van der Waals surface area contributed by atoms with Crippen LogP contribution >= 0.6 is 0 Å². The standard InChI is InChI=1S/C13H23N3O/c1-5-7-17-9-13(14-4)11-8-10(3)15-16-12(11)6-2/h8,13-14H,5-7,9H2,1-4H3. The fourth-order valence-electron chi connectivity index (χ4n) is 1.78. The summed E-state index contributed by atoms with van der Waals surface area (Å²) in [5.74, 6) is 0. The summed E-state index contributed by atoms with van der Waals surface area (Å²) >= 11 is 0. The fourth-order valence-corrected chi connectivity index (χ4v) is 1.78. The van der Waals surface area contributed by atoms with E-state index in [0.29, 0.717) is 6.61 Å². The van der Waals surface area contributed by atoms with Gasteiger partial charge in [-0.3, -0.25) is 0 Å². The highest BCUT2D eigenvalue weighted by Crippen LogP contribution is 2.17. The van der Waals surface area contributed by atoms with Crippen molar-refractivity contribution in [1.82, 2.24) is 15.5 Å². The van der Waals surface area contributed by atoms with Crippen molar-refractivity contribution in [3.63, 3.8) is 0 Å². The van der Waals surface area contributed by atoms with Gasteiger partial charge in [-0.05, 0) is 38.4 Å². The molecule has 1 aromatic heterocycles. The van der Waals surface area contributed by atoms with Crippen LogP contribution in [-0.2, 0) is 11.2 Å². The largest absolute Gasteiger partial charge is 0.379 e. The highest BCUT2D eigenvalue weighted by Gasteiger charge is 2.14. The SMILES string of the molecule is CCCOCC(NC)c1cc(C)nnc1CC. The molecule has 1 rings (SSSR count). The van der Waals surface area contributed by atoms with Crippen LogP contribution in [-0.4, -0.2) is 30.5 Å². The summed E-state index contributed by atoms with van der Waals surface area (Å²) in [4.78, 5) is 0. The van der Waals surface area contributed by atoms with E-state index in [0.717, 1.165) is 30.8 Å². The van der Waals surface area contributed by atoms with Gasteiger partial charge in [0, 0.05) is 6.61 Å². The second kappa shape index (κ2) is 7.35. The summed E-state index contributed by atoms with van der Waals surface area (Å²) < 4.78 is 5.62. The summed E-state index contributed by atoms with van der Waals surface area (Å²) in [6.45, 7) is 7.67. The number of aryl methyl sites for hydroxylation is 2. The first-order valence-electron chi connectivity index (χ1n) is 6.31. The van der Waals surface area contributed by atoms with E-state index in [9.17, 15) is 0 Å². The predicted octanol–water partition coefficient (Wildman–Crippen LogP) is 2.03. The van der Waals surface area contributed by atoms with Crippen LogP contribution in [0, 0.1) is 6.92 Å². The quantitative estimate of drug-likeness (QED) is 0.737. The van der Waals surface area contributed by atoms with Crippen molar-refractivity contribution in [1.29, 1.82) is 0 Å². The zero-order chi connectivity index (χ0) is 12.7. The third-order valence-corrected chi connectivity index (χ3v) is 2.72. The molecular weight excluding hydrogens is 214 g/mol. The number of rotatable bonds is 7. The normalized spacial score (nSPS) is 12.7. The molecule has 1 atom stereocenters. The Hall–Kier alpha value is -1.00. The van der Waals surface area contributed by atoms with E-state index in [1.165, 1.54) is 5.56 Å². The van der Waals surface area contributed by atoms with Crippen molar-refractivity contribution in [3.8, 4) is 0 Å². The van der Waals surface area contributed by atoms with Crippen LogP contribution < -0.4 is 5.32 Å². The molecule has 0 amide bonds. The zero-order valence-electron chi connectivity index (χ0n) is 11.3. The number of nitrogens with one attached hydrogen (secondary N) is 1. The maximum absolute atomic E-state index is 5.62. The molecule has 0 radical (unpaired) electrons. The lowest BCUT2D eigenvalue weighted by molar-refractivity contribution is 0.113. The Labute approximate surface area is 104 Å². The molecule has 96 valence electrons. The van der Waals surface area contributed by atoms with Crippen molar-refractivity contribution in [2.75, 3.05) is 20.3 Å². The van der Waals surface area contributed by atoms with E-state index in [-0.39, 0.29) is 6.04 Å². The Bertz CT molecular complexity index is 341. The number of hydrogen-bond acceptors (Lipinski definition) is 4. The molecule has 0 aromatic carbocycles. The van der Waals surface area contributed by atoms with E-state index in [4.69, 9.17) is 4.74 Å². The minimum absolute atomic E-state index is 0.200. The summed E-state index contributed by atoms with van der Waals surface area (Å²) in [6.07, 6.45) is 1.94. The molecule has 1 heterocycles. The summed E-state index contributed by atoms with van der Waals surface area (Å²) in [7, 11) is 1.95. The maximum Gasteiger partial charge on any atom is 0.0677 e. The number of likely N-dealkylation sites (N-methyl/N-ethyl adjacent to an activating group) is 1. The molecule has 0 fully saturated rings. The Balaban J connectivity index is 2.82. The molecule has 0 aliphatic heterocycles. The Morgan fingerprint density at radius 1 is 1.35 bits per heavy atom. The number of ether oxygens (including phenoxy) is 1. The molecule has 0 aliphatic rings. The first-order chi connectivity index (χ1) is 8.22. The van der Waals surface area contributed by atoms with E-state index in [2.05, 4.69) is 35.4 Å². The van der Waals surface area contributed by atoms with Crippen molar-refractivity contribution in [2.24, 2.45) is 0 Å². The van der Waals surface area contributed by atoms with Gasteiger partial charge in [-0.1, -0.05) is 13.8 Å². The maximum atomic E-state index is 5.62. The van der Waals surface area contributed by atoms with Crippen LogP contribution in [0.25, 0.3) is 0 Å². The topological polar surface area (TPSA) is 47.0 Å². The summed E-state index contributed by atoms with van der Waals surface area (Å²) in [5.41, 5.74) is 3.21. The molecule has 0 saturated heterocycles. The first kappa shape index (κ1) is 14.1. The van der Waals surface area contributed by atoms with Gasteiger partial charge in [0.15, 0.2) is 0 Å². The number of hydrogen-bond donors (Lipinski definition) is 1. The molecule has 4 nitrogen and oxygen atoms in total. The van der Waals surface area contributed by atoms with E-state index < -0.39 is 0 Å². The lowest BCUT2D eigenvalue weighted by atomic mass is 10.0. The Morgan fingerprint density at radius 2 is 2.12 bits per heavy atom. The van der Waals surface area contributed by atoms with Gasteiger partial charge in [-0.25, -0.2) is 0 Å². The van der Waals surface area contributed by atoms with Crippen molar-refractivity contribution >= 4 is 0 Å². The molecule has 0 spiro atoms. The second-order valence-corrected chi connectivity index (χ2v) is 4.16. The average Bonchev–Trinajstić information content (AvgIpc) is 2.35. The van der Waals surface area contributed by atoms with Crippen LogP contribution in [0.4, 0.5) is 0 Å². The van der Waals surface area contributed by atoms with Gasteiger partial charge in [0.05, 0.1) is 24.0 Å². The van der Waals surface area contributed by atoms with Gasteiger partial charge in [0.1, 0.15) is 0 Å². The molecule has 0 bridgehead atoms. The lowest BCUT2D eigenvalue weighted by Gasteiger charge is -2.19. The third kappa shape index (κ3) is 4.06. The van der Waals surface area contributed by atoms with Crippen LogP contribution in [0.2, 0.25) is 0 Å². The molecule has 1 unspecified atom stereocenters. The van der Waals surface area contributed by atoms with Crippen molar-refractivity contribution in [3.05, 3.63) is 23.0 Å². The van der Waals surface area contributed by atoms with Crippen molar-refractivity contribution in [2.45, 2.75) is 39.7 Å². The highest BCUT2D eigenvalue weighted by atomic mass is 16.5. The first-order valence-corrected chi connectivity index (χ1v) is 6.31. The predicted molar refractivity (Wildman–Crippen MR) is 69.1 cm³/mol. The second-order valence-electron chi connectivity index (χ2n) is 4.16. The molecule has 17 heavy (non-hydrogen) atoms. The van der Waals surface area contributed by atoms with Crippen molar-refractivity contribution < 1.29 is 4.74 Å². The van der Waals surface area contributed by atoms with Gasteiger partial charge in [0.25, 0.3) is 0 Å². The Kier molecular flexibility index (Phi) is 6.08. The molecule has 1 aromatic rings. The van der Waals surface area contributed by atoms with Crippen LogP contribution in [0.15, 0.2) is 6.07 Å². The fraction of sp³-hybridized carbons (Fsp3) is 0.692. The average molecular weight is 237 g/mol. The van der Waals surface area contributed by atoms with Crippen LogP contribution in [0.5, 0.6) is 0 Å². The molecule has 0 saturated carbocycles. The van der Waals surface area contributed by atoms with E-state index in [1.54, 1.807) is 0 Å². The zero-order valence-corrected chi connectivity index (χ0v) is 11.3. The lowest BCUT2D eigenvalue weighted by Crippen LogP contribution is -2.24. The minimum atomic E-state index is 0.200. The van der Waals surface area contributed by atoms with Crippen LogP contribution in [0.3, 0.4) is 0 Å². The smallest absolute Gasteiger partial charge is 0.0677 e. The van der Waals surface area contributed by atoms with Gasteiger partial charge in [0.2, 0.25) is 0 Å². The van der Waals surface area contributed by atoms with Gasteiger partial charge in [-0.15, -0.1) is 0 Å². The van der Waals surface area contributed by atoms with Gasteiger partial charge >= 0.3 is 0 Å². The molecule has 1 N–H and O–H groups in total. The monoisotopic (exact) mass is 237 g/mol. The van der Waals surface area contributed by atoms with Gasteiger partial charge < -0.3 is 10.1 Å². The molecule has 0 aliphatic carbocycles. The van der Waals surface area contributed by atoms with E-state index in [1.807, 2.05) is 14.0 Å². The van der Waals surface area contributed by atoms with Gasteiger partial charge in [-0.2, -0.15) is 10.2 Å². The minimum Gasteiger partial charge on any atom is -0.379 e. The summed E-state index contributed by atoms with van der Waals surface area (Å²) in [5, 5.41) is 11.6. The number of nitrogens with zero attached hydrogens (tertiary/aromatic N) is 2. The van der Waals surface area contributed by atoms with E-state index >= 15 is 0 Å². The number of aromatic nitrogens is 2. The highest BCUT2D eigenvalue weighted by molar-refractivity contribution is 5.24. The molecular formula is C13H23N3O. The van der Waals surface area contributed by atoms with Crippen LogP contribution in [0.1, 0.15) is 43.3 Å². The summed E-state index contributed by atoms with van der Waals surface area (Å²) in [6, 6.07) is 2.30.